The standard InChI is InChI=1S/C16H21NO3/c1-5-7-15(19)20-10-14(18)17-16-12(4)8-6-9-13(16)11(2)3/h5-9,11H,10H2,1-4H3,(H,17,18)/b7-5+. The fourth-order valence-electron chi connectivity index (χ4n) is 1.84. The van der Waals surface area contributed by atoms with Crippen LogP contribution in [0.1, 0.15) is 37.8 Å². The van der Waals surface area contributed by atoms with E-state index in [1.807, 2.05) is 25.1 Å². The molecular formula is C16H21NO3. The molecule has 0 spiro atoms. The summed E-state index contributed by atoms with van der Waals surface area (Å²) in [7, 11) is 0. The van der Waals surface area contributed by atoms with Gasteiger partial charge in [-0.15, -0.1) is 0 Å². The van der Waals surface area contributed by atoms with Crippen molar-refractivity contribution in [3.8, 4) is 0 Å². The summed E-state index contributed by atoms with van der Waals surface area (Å²) in [6.45, 7) is 7.50. The fraction of sp³-hybridized carbons (Fsp3) is 0.375. The Labute approximate surface area is 119 Å². The van der Waals surface area contributed by atoms with Crippen molar-refractivity contribution < 1.29 is 14.3 Å². The molecule has 4 heteroatoms. The first-order valence-electron chi connectivity index (χ1n) is 6.64. The van der Waals surface area contributed by atoms with Gasteiger partial charge < -0.3 is 10.1 Å². The summed E-state index contributed by atoms with van der Waals surface area (Å²) >= 11 is 0. The van der Waals surface area contributed by atoms with E-state index < -0.39 is 5.97 Å². The maximum atomic E-state index is 11.8. The van der Waals surface area contributed by atoms with Crippen molar-refractivity contribution in [3.63, 3.8) is 0 Å². The quantitative estimate of drug-likeness (QED) is 0.663. The van der Waals surface area contributed by atoms with E-state index in [0.717, 1.165) is 16.8 Å². The lowest BCUT2D eigenvalue weighted by atomic mass is 9.98. The third-order valence-electron chi connectivity index (χ3n) is 2.84. The molecule has 0 fully saturated rings. The summed E-state index contributed by atoms with van der Waals surface area (Å²) in [5.74, 6) is -0.550. The van der Waals surface area contributed by atoms with Gasteiger partial charge in [-0.1, -0.05) is 38.1 Å². The third kappa shape index (κ3) is 4.53. The van der Waals surface area contributed by atoms with Crippen molar-refractivity contribution in [2.45, 2.75) is 33.6 Å². The highest BCUT2D eigenvalue weighted by Crippen LogP contribution is 2.27. The van der Waals surface area contributed by atoms with E-state index in [9.17, 15) is 9.59 Å². The summed E-state index contributed by atoms with van der Waals surface area (Å²) in [5, 5.41) is 2.82. The minimum absolute atomic E-state index is 0.283. The van der Waals surface area contributed by atoms with Crippen LogP contribution < -0.4 is 5.32 Å². The van der Waals surface area contributed by atoms with Crippen LogP contribution in [0.15, 0.2) is 30.4 Å². The summed E-state index contributed by atoms with van der Waals surface area (Å²) in [6, 6.07) is 5.89. The van der Waals surface area contributed by atoms with Gasteiger partial charge in [-0.25, -0.2) is 4.79 Å². The first-order valence-corrected chi connectivity index (χ1v) is 6.64. The number of nitrogens with one attached hydrogen (secondary N) is 1. The average Bonchev–Trinajstić information content (AvgIpc) is 2.39. The van der Waals surface area contributed by atoms with Crippen molar-refractivity contribution in [1.29, 1.82) is 0 Å². The van der Waals surface area contributed by atoms with E-state index in [1.165, 1.54) is 6.08 Å². The number of rotatable bonds is 5. The van der Waals surface area contributed by atoms with E-state index in [0.29, 0.717) is 5.92 Å². The van der Waals surface area contributed by atoms with E-state index in [-0.39, 0.29) is 12.5 Å². The molecule has 108 valence electrons. The van der Waals surface area contributed by atoms with Gasteiger partial charge in [0.05, 0.1) is 0 Å². The van der Waals surface area contributed by atoms with Gasteiger partial charge in [0.2, 0.25) is 0 Å². The van der Waals surface area contributed by atoms with Crippen LogP contribution in [0.5, 0.6) is 0 Å². The molecule has 0 saturated heterocycles. The molecule has 0 bridgehead atoms. The zero-order valence-electron chi connectivity index (χ0n) is 12.4. The number of benzene rings is 1. The van der Waals surface area contributed by atoms with E-state index >= 15 is 0 Å². The first-order chi connectivity index (χ1) is 9.45. The van der Waals surface area contributed by atoms with Crippen molar-refractivity contribution in [1.82, 2.24) is 0 Å². The molecule has 20 heavy (non-hydrogen) atoms. The van der Waals surface area contributed by atoms with E-state index in [1.54, 1.807) is 13.0 Å². The summed E-state index contributed by atoms with van der Waals surface area (Å²) in [4.78, 5) is 23.0. The highest BCUT2D eigenvalue weighted by Gasteiger charge is 2.12. The lowest BCUT2D eigenvalue weighted by Crippen LogP contribution is -2.21. The predicted molar refractivity (Wildman–Crippen MR) is 79.7 cm³/mol. The maximum absolute atomic E-state index is 11.8. The smallest absolute Gasteiger partial charge is 0.330 e. The Morgan fingerprint density at radius 2 is 2.05 bits per heavy atom. The molecule has 4 nitrogen and oxygen atoms in total. The minimum Gasteiger partial charge on any atom is -0.452 e. The van der Waals surface area contributed by atoms with E-state index in [4.69, 9.17) is 4.74 Å². The molecule has 0 aromatic heterocycles. The van der Waals surface area contributed by atoms with Crippen LogP contribution in [-0.4, -0.2) is 18.5 Å². The van der Waals surface area contributed by atoms with Gasteiger partial charge in [-0.05, 0) is 30.9 Å². The van der Waals surface area contributed by atoms with Crippen molar-refractivity contribution in [2.75, 3.05) is 11.9 Å². The van der Waals surface area contributed by atoms with E-state index in [2.05, 4.69) is 19.2 Å². The summed E-state index contributed by atoms with van der Waals surface area (Å²) in [5.41, 5.74) is 2.86. The second-order valence-corrected chi connectivity index (χ2v) is 4.85. The van der Waals surface area contributed by atoms with Crippen LogP contribution in [-0.2, 0) is 14.3 Å². The lowest BCUT2D eigenvalue weighted by molar-refractivity contribution is -0.142. The molecule has 1 amide bonds. The Kier molecular flexibility index (Phi) is 5.97. The molecule has 1 aromatic carbocycles. The highest BCUT2D eigenvalue weighted by atomic mass is 16.5. The number of anilines is 1. The highest BCUT2D eigenvalue weighted by molar-refractivity contribution is 5.95. The molecule has 0 atom stereocenters. The molecule has 1 N–H and O–H groups in total. The molecule has 0 radical (unpaired) electrons. The van der Waals surface area contributed by atoms with Crippen molar-refractivity contribution >= 4 is 17.6 Å². The predicted octanol–water partition coefficient (Wildman–Crippen LogP) is 3.18. The molecule has 0 unspecified atom stereocenters. The number of aryl methyl sites for hydroxylation is 1. The maximum Gasteiger partial charge on any atom is 0.330 e. The van der Waals surface area contributed by atoms with Crippen LogP contribution in [0.4, 0.5) is 5.69 Å². The summed E-state index contributed by atoms with van der Waals surface area (Å²) < 4.78 is 4.82. The van der Waals surface area contributed by atoms with Crippen LogP contribution in [0.3, 0.4) is 0 Å². The van der Waals surface area contributed by atoms with Crippen LogP contribution in [0.2, 0.25) is 0 Å². The monoisotopic (exact) mass is 275 g/mol. The number of carbonyl (C=O) groups excluding carboxylic acids is 2. The SMILES string of the molecule is C/C=C/C(=O)OCC(=O)Nc1c(C)cccc1C(C)C. The normalized spacial score (nSPS) is 10.8. The largest absolute Gasteiger partial charge is 0.452 e. The molecular weight excluding hydrogens is 254 g/mol. The molecule has 0 aliphatic heterocycles. The Hall–Kier alpha value is -2.10. The Balaban J connectivity index is 2.73. The van der Waals surface area contributed by atoms with Crippen LogP contribution in [0.25, 0.3) is 0 Å². The van der Waals surface area contributed by atoms with Crippen LogP contribution in [0, 0.1) is 6.92 Å². The number of ether oxygens (including phenoxy) is 1. The Morgan fingerprint density at radius 3 is 2.65 bits per heavy atom. The van der Waals surface area contributed by atoms with Gasteiger partial charge in [-0.3, -0.25) is 4.79 Å². The summed E-state index contributed by atoms with van der Waals surface area (Å²) in [6.07, 6.45) is 2.85. The first kappa shape index (κ1) is 16.0. The second-order valence-electron chi connectivity index (χ2n) is 4.85. The van der Waals surface area contributed by atoms with Crippen LogP contribution >= 0.6 is 0 Å². The Morgan fingerprint density at radius 1 is 1.35 bits per heavy atom. The second kappa shape index (κ2) is 7.48. The number of hydrogen-bond acceptors (Lipinski definition) is 3. The van der Waals surface area contributed by atoms with Gasteiger partial charge in [0.15, 0.2) is 6.61 Å². The van der Waals surface area contributed by atoms with Gasteiger partial charge >= 0.3 is 5.97 Å². The number of allylic oxidation sites excluding steroid dienone is 1. The van der Waals surface area contributed by atoms with Crippen molar-refractivity contribution in [3.05, 3.63) is 41.5 Å². The molecule has 0 aliphatic rings. The fourth-order valence-corrected chi connectivity index (χ4v) is 1.84. The number of amides is 1. The molecule has 1 aromatic rings. The minimum atomic E-state index is -0.517. The molecule has 0 saturated carbocycles. The van der Waals surface area contributed by atoms with Gasteiger partial charge in [-0.2, -0.15) is 0 Å². The molecule has 0 aliphatic carbocycles. The number of esters is 1. The number of para-hydroxylation sites is 1. The van der Waals surface area contributed by atoms with Gasteiger partial charge in [0.1, 0.15) is 0 Å². The Bertz CT molecular complexity index is 518. The number of carbonyl (C=O) groups is 2. The number of hydrogen-bond donors (Lipinski definition) is 1. The van der Waals surface area contributed by atoms with Crippen molar-refractivity contribution in [2.24, 2.45) is 0 Å². The molecule has 1 rings (SSSR count). The third-order valence-corrected chi connectivity index (χ3v) is 2.84. The van der Waals surface area contributed by atoms with Gasteiger partial charge in [0.25, 0.3) is 5.91 Å². The lowest BCUT2D eigenvalue weighted by Gasteiger charge is -2.16. The zero-order chi connectivity index (χ0) is 15.1. The topological polar surface area (TPSA) is 55.4 Å². The molecule has 0 heterocycles. The average molecular weight is 275 g/mol. The van der Waals surface area contributed by atoms with Gasteiger partial charge in [0, 0.05) is 11.8 Å². The zero-order valence-corrected chi connectivity index (χ0v) is 12.4.